The van der Waals surface area contributed by atoms with E-state index in [4.69, 9.17) is 9.47 Å². The SMILES string of the molecule is CC/C=C\C/C=C\C/C=C\C/C=C\CCCCCCCCCCCCCCCCCCCCCCCCCCCCCCC(=O)OC(CO)COC(=O)CCCCCCCCCCCCCCCCCCCCCCCCCCCCCC. The van der Waals surface area contributed by atoms with Crippen LogP contribution in [0, 0.1) is 0 Å². The molecule has 0 rings (SSSR count). The van der Waals surface area contributed by atoms with Crippen molar-refractivity contribution in [1.29, 1.82) is 0 Å². The van der Waals surface area contributed by atoms with Crippen LogP contribution in [0.25, 0.3) is 0 Å². The van der Waals surface area contributed by atoms with Crippen molar-refractivity contribution in [2.24, 2.45) is 0 Å². The van der Waals surface area contributed by atoms with E-state index < -0.39 is 6.10 Å². The third-order valence-electron chi connectivity index (χ3n) is 17.4. The highest BCUT2D eigenvalue weighted by Crippen LogP contribution is 2.20. The predicted octanol–water partition coefficient (Wildman–Crippen LogP) is 26.3. The normalized spacial score (nSPS) is 12.4. The van der Waals surface area contributed by atoms with Crippen LogP contribution >= 0.6 is 0 Å². The summed E-state index contributed by atoms with van der Waals surface area (Å²) in [5, 5.41) is 9.71. The summed E-state index contributed by atoms with van der Waals surface area (Å²) in [6.45, 7) is 4.10. The minimum absolute atomic E-state index is 0.0577. The Morgan fingerprint density at radius 1 is 0.289 bits per heavy atom. The van der Waals surface area contributed by atoms with E-state index in [1.807, 2.05) is 0 Å². The maximum Gasteiger partial charge on any atom is 0.306 e. The van der Waals surface area contributed by atoms with Crippen molar-refractivity contribution in [1.82, 2.24) is 0 Å². The van der Waals surface area contributed by atoms with Gasteiger partial charge in [-0.25, -0.2) is 0 Å². The van der Waals surface area contributed by atoms with Crippen LogP contribution in [0.3, 0.4) is 0 Å². The molecule has 0 radical (unpaired) electrons. The lowest BCUT2D eigenvalue weighted by molar-refractivity contribution is -0.161. The number of hydrogen-bond donors (Lipinski definition) is 1. The van der Waals surface area contributed by atoms with E-state index in [2.05, 4.69) is 62.5 Å². The molecule has 1 unspecified atom stereocenters. The maximum absolute atomic E-state index is 12.4. The number of aliphatic hydroxyl groups excluding tert-OH is 1. The van der Waals surface area contributed by atoms with Crippen molar-refractivity contribution in [3.8, 4) is 0 Å². The number of hydrogen-bond acceptors (Lipinski definition) is 5. The fourth-order valence-electron chi connectivity index (χ4n) is 11.8. The second-order valence-corrected chi connectivity index (χ2v) is 25.7. The van der Waals surface area contributed by atoms with Crippen LogP contribution in [0.15, 0.2) is 48.6 Å². The van der Waals surface area contributed by atoms with Crippen LogP contribution in [0.4, 0.5) is 0 Å². The zero-order chi connectivity index (χ0) is 59.8. The van der Waals surface area contributed by atoms with E-state index in [9.17, 15) is 14.7 Å². The Labute approximate surface area is 519 Å². The maximum atomic E-state index is 12.4. The second kappa shape index (κ2) is 74.1. The van der Waals surface area contributed by atoms with E-state index in [0.717, 1.165) is 57.8 Å². The van der Waals surface area contributed by atoms with Crippen LogP contribution in [0.2, 0.25) is 0 Å². The second-order valence-electron chi connectivity index (χ2n) is 25.7. The fourth-order valence-corrected chi connectivity index (χ4v) is 11.8. The minimum Gasteiger partial charge on any atom is -0.462 e. The van der Waals surface area contributed by atoms with Gasteiger partial charge in [-0.3, -0.25) is 9.59 Å². The average molecular weight is 1160 g/mol. The molecule has 0 aliphatic heterocycles. The van der Waals surface area contributed by atoms with E-state index in [-0.39, 0.29) is 25.2 Å². The van der Waals surface area contributed by atoms with Gasteiger partial charge in [0.2, 0.25) is 0 Å². The van der Waals surface area contributed by atoms with Crippen molar-refractivity contribution < 1.29 is 24.2 Å². The number of unbranched alkanes of at least 4 members (excludes halogenated alkanes) is 55. The van der Waals surface area contributed by atoms with Crippen LogP contribution in [-0.2, 0) is 19.1 Å². The number of esters is 2. The van der Waals surface area contributed by atoms with E-state index in [1.54, 1.807) is 0 Å². The van der Waals surface area contributed by atoms with Crippen LogP contribution < -0.4 is 0 Å². The standard InChI is InChI=1S/C78H146O5/c1-3-5-7-9-11-13-15-17-19-21-23-25-27-29-31-33-34-35-36-37-38-39-40-41-42-43-44-45-47-49-51-53-55-57-59-61-63-65-67-69-71-73-78(81)83-76(74-79)75-82-77(80)72-70-68-66-64-62-60-58-56-54-52-50-48-46-32-30-28-26-24-22-20-18-16-14-12-10-8-6-4-2/h5,7,11,13,17,19,23,25,76,79H,3-4,6,8-10,12,14-16,18,20-22,24,26-75H2,1-2H3/b7-5-,13-11-,19-17-,25-23-. The Hall–Kier alpha value is -2.14. The Kier molecular flexibility index (Phi) is 72.2. The predicted molar refractivity (Wildman–Crippen MR) is 367 cm³/mol. The lowest BCUT2D eigenvalue weighted by atomic mass is 10.0. The topological polar surface area (TPSA) is 72.8 Å². The summed E-state index contributed by atoms with van der Waals surface area (Å²) < 4.78 is 10.8. The van der Waals surface area contributed by atoms with E-state index >= 15 is 0 Å². The minimum atomic E-state index is -0.769. The first-order chi connectivity index (χ1) is 41.1. The van der Waals surface area contributed by atoms with Gasteiger partial charge in [0.1, 0.15) is 6.61 Å². The third kappa shape index (κ3) is 72.2. The number of ether oxygens (including phenoxy) is 2. The van der Waals surface area contributed by atoms with Gasteiger partial charge in [0.15, 0.2) is 6.10 Å². The van der Waals surface area contributed by atoms with Gasteiger partial charge in [0, 0.05) is 12.8 Å². The molecule has 0 saturated carbocycles. The molecule has 0 amide bonds. The molecule has 0 aromatic carbocycles. The van der Waals surface area contributed by atoms with Crippen molar-refractivity contribution in [2.75, 3.05) is 13.2 Å². The summed E-state index contributed by atoms with van der Waals surface area (Å²) in [5.41, 5.74) is 0. The van der Waals surface area contributed by atoms with E-state index in [1.165, 1.54) is 334 Å². The lowest BCUT2D eigenvalue weighted by Gasteiger charge is -2.15. The largest absolute Gasteiger partial charge is 0.462 e. The summed E-state index contributed by atoms with van der Waals surface area (Å²) in [5.74, 6) is -0.562. The number of rotatable bonds is 71. The Morgan fingerprint density at radius 2 is 0.518 bits per heavy atom. The van der Waals surface area contributed by atoms with Crippen LogP contribution in [0.5, 0.6) is 0 Å². The smallest absolute Gasteiger partial charge is 0.306 e. The molecular weight excluding hydrogens is 1020 g/mol. The summed E-state index contributed by atoms with van der Waals surface area (Å²) in [4.78, 5) is 24.7. The molecule has 0 aliphatic carbocycles. The molecule has 0 saturated heterocycles. The molecule has 488 valence electrons. The van der Waals surface area contributed by atoms with Crippen molar-refractivity contribution in [2.45, 2.75) is 424 Å². The van der Waals surface area contributed by atoms with Gasteiger partial charge in [-0.2, -0.15) is 0 Å². The van der Waals surface area contributed by atoms with Gasteiger partial charge in [-0.15, -0.1) is 0 Å². The molecule has 83 heavy (non-hydrogen) atoms. The molecule has 0 aliphatic rings. The molecule has 5 nitrogen and oxygen atoms in total. The zero-order valence-corrected chi connectivity index (χ0v) is 56.2. The molecule has 1 N–H and O–H groups in total. The van der Waals surface area contributed by atoms with Gasteiger partial charge < -0.3 is 14.6 Å². The monoisotopic (exact) mass is 1160 g/mol. The number of carbonyl (C=O) groups is 2. The fraction of sp³-hybridized carbons (Fsp3) is 0.872. The summed E-state index contributed by atoms with van der Waals surface area (Å²) in [6, 6.07) is 0. The molecule has 0 heterocycles. The molecule has 1 atom stereocenters. The molecular formula is C78H146O5. The highest BCUT2D eigenvalue weighted by molar-refractivity contribution is 5.70. The first kappa shape index (κ1) is 80.9. The van der Waals surface area contributed by atoms with Gasteiger partial charge in [0.25, 0.3) is 0 Å². The Morgan fingerprint density at radius 3 is 0.783 bits per heavy atom. The van der Waals surface area contributed by atoms with Crippen molar-refractivity contribution in [3.63, 3.8) is 0 Å². The summed E-state index contributed by atoms with van der Waals surface area (Å²) >= 11 is 0. The first-order valence-electron chi connectivity index (χ1n) is 37.7. The lowest BCUT2D eigenvalue weighted by Crippen LogP contribution is -2.28. The van der Waals surface area contributed by atoms with Crippen LogP contribution in [-0.4, -0.2) is 36.4 Å². The molecule has 0 bridgehead atoms. The van der Waals surface area contributed by atoms with Crippen molar-refractivity contribution in [3.05, 3.63) is 48.6 Å². The highest BCUT2D eigenvalue weighted by atomic mass is 16.6. The van der Waals surface area contributed by atoms with Gasteiger partial charge >= 0.3 is 11.9 Å². The van der Waals surface area contributed by atoms with E-state index in [0.29, 0.717) is 12.8 Å². The Bertz CT molecular complexity index is 1360. The molecule has 0 aromatic rings. The number of allylic oxidation sites excluding steroid dienone is 8. The van der Waals surface area contributed by atoms with Gasteiger partial charge in [-0.1, -0.05) is 403 Å². The van der Waals surface area contributed by atoms with Gasteiger partial charge in [0.05, 0.1) is 6.61 Å². The number of aliphatic hydroxyl groups is 1. The third-order valence-corrected chi connectivity index (χ3v) is 17.4. The zero-order valence-electron chi connectivity index (χ0n) is 56.2. The molecule has 0 aromatic heterocycles. The average Bonchev–Trinajstić information content (AvgIpc) is 3.49. The van der Waals surface area contributed by atoms with Gasteiger partial charge in [-0.05, 0) is 51.4 Å². The van der Waals surface area contributed by atoms with Crippen LogP contribution in [0.1, 0.15) is 418 Å². The summed E-state index contributed by atoms with van der Waals surface area (Å²) in [6.07, 6.45) is 100. The molecule has 5 heteroatoms. The Balaban J connectivity index is 3.36. The molecule has 0 fully saturated rings. The first-order valence-corrected chi connectivity index (χ1v) is 37.7. The quantitative estimate of drug-likeness (QED) is 0.0373. The van der Waals surface area contributed by atoms with Crippen molar-refractivity contribution >= 4 is 11.9 Å². The number of carbonyl (C=O) groups excluding carboxylic acids is 2. The summed E-state index contributed by atoms with van der Waals surface area (Å²) in [7, 11) is 0. The highest BCUT2D eigenvalue weighted by Gasteiger charge is 2.16. The molecule has 0 spiro atoms.